The number of hydrogen-bond donors (Lipinski definition) is 1. The maximum Gasteiger partial charge on any atom is 0.261 e. The monoisotopic (exact) mass is 379 g/mol. The van der Waals surface area contributed by atoms with Gasteiger partial charge in [-0.2, -0.15) is 0 Å². The number of carbonyl (C=O) groups is 1. The van der Waals surface area contributed by atoms with E-state index in [2.05, 4.69) is 10.3 Å². The maximum atomic E-state index is 12.5. The summed E-state index contributed by atoms with van der Waals surface area (Å²) in [6, 6.07) is 7.33. The first kappa shape index (κ1) is 17.9. The Hall–Kier alpha value is -2.17. The highest BCUT2D eigenvalue weighted by atomic mass is 16.1. The molecule has 0 atom stereocenters. The molecule has 4 bridgehead atoms. The first-order chi connectivity index (χ1) is 13.6. The summed E-state index contributed by atoms with van der Waals surface area (Å²) in [5.41, 5.74) is 1.12. The number of aryl methyl sites for hydroxylation is 1. The fourth-order valence-electron chi connectivity index (χ4n) is 6.64. The molecular formula is C23H29N3O2. The van der Waals surface area contributed by atoms with Crippen LogP contribution in [0.4, 0.5) is 0 Å². The highest BCUT2D eigenvalue weighted by Gasteiger charge is 2.50. The van der Waals surface area contributed by atoms with E-state index in [1.165, 1.54) is 38.5 Å². The largest absolute Gasteiger partial charge is 0.356 e. The molecule has 0 aliphatic heterocycles. The summed E-state index contributed by atoms with van der Waals surface area (Å²) in [6.45, 7) is 1.15. The lowest BCUT2D eigenvalue weighted by Crippen LogP contribution is -2.47. The molecule has 4 saturated carbocycles. The number of carbonyl (C=O) groups excluding carboxylic acids is 1. The summed E-state index contributed by atoms with van der Waals surface area (Å²) in [5, 5.41) is 3.71. The molecule has 4 aliphatic carbocycles. The van der Waals surface area contributed by atoms with Crippen molar-refractivity contribution in [2.45, 2.75) is 57.9 Å². The van der Waals surface area contributed by atoms with E-state index in [9.17, 15) is 9.59 Å². The zero-order valence-electron chi connectivity index (χ0n) is 16.4. The average molecular weight is 380 g/mol. The third-order valence-electron chi connectivity index (χ3n) is 7.45. The fraction of sp³-hybridized carbons (Fsp3) is 0.609. The molecule has 1 aromatic carbocycles. The van der Waals surface area contributed by atoms with Crippen LogP contribution in [0, 0.1) is 23.2 Å². The Morgan fingerprint density at radius 3 is 2.50 bits per heavy atom. The Kier molecular flexibility index (Phi) is 4.48. The summed E-state index contributed by atoms with van der Waals surface area (Å²) in [7, 11) is 0. The van der Waals surface area contributed by atoms with E-state index in [-0.39, 0.29) is 11.5 Å². The van der Waals surface area contributed by atoms with E-state index in [1.807, 2.05) is 18.2 Å². The molecule has 1 heterocycles. The van der Waals surface area contributed by atoms with Gasteiger partial charge < -0.3 is 5.32 Å². The highest BCUT2D eigenvalue weighted by Crippen LogP contribution is 2.61. The Bertz CT molecular complexity index is 913. The first-order valence-electron chi connectivity index (χ1n) is 10.8. The van der Waals surface area contributed by atoms with Crippen molar-refractivity contribution in [3.8, 4) is 0 Å². The van der Waals surface area contributed by atoms with Gasteiger partial charge in [-0.15, -0.1) is 0 Å². The second-order valence-electron chi connectivity index (χ2n) is 9.53. The fourth-order valence-corrected chi connectivity index (χ4v) is 6.64. The van der Waals surface area contributed by atoms with Gasteiger partial charge in [-0.25, -0.2) is 4.98 Å². The highest BCUT2D eigenvalue weighted by molar-refractivity contribution is 5.77. The van der Waals surface area contributed by atoms with Gasteiger partial charge in [0, 0.05) is 19.5 Å². The number of aromatic nitrogens is 2. The van der Waals surface area contributed by atoms with Crippen molar-refractivity contribution >= 4 is 16.8 Å². The topological polar surface area (TPSA) is 64.0 Å². The number of para-hydroxylation sites is 1. The lowest BCUT2D eigenvalue weighted by molar-refractivity contribution is -0.121. The summed E-state index contributed by atoms with van der Waals surface area (Å²) in [4.78, 5) is 29.2. The standard InChI is InChI=1S/C23H29N3O2/c27-21(5-8-26-15-25-20-4-2-1-3-19(20)22(26)28)24-7-6-23-12-16-9-17(13-23)11-18(10-16)14-23/h1-4,15-18H,5-14H2,(H,24,27). The molecule has 148 valence electrons. The Balaban J connectivity index is 1.14. The zero-order chi connectivity index (χ0) is 19.1. The molecule has 28 heavy (non-hydrogen) atoms. The molecule has 5 nitrogen and oxygen atoms in total. The molecule has 0 spiro atoms. The van der Waals surface area contributed by atoms with Crippen LogP contribution in [0.25, 0.3) is 10.9 Å². The van der Waals surface area contributed by atoms with Crippen LogP contribution in [0.1, 0.15) is 51.4 Å². The van der Waals surface area contributed by atoms with E-state index in [0.29, 0.717) is 29.3 Å². The summed E-state index contributed by atoms with van der Waals surface area (Å²) >= 11 is 0. The Morgan fingerprint density at radius 1 is 1.11 bits per heavy atom. The minimum Gasteiger partial charge on any atom is -0.356 e. The van der Waals surface area contributed by atoms with Gasteiger partial charge in [0.2, 0.25) is 5.91 Å². The molecule has 0 saturated heterocycles. The van der Waals surface area contributed by atoms with Crippen molar-refractivity contribution in [3.05, 3.63) is 40.9 Å². The van der Waals surface area contributed by atoms with Gasteiger partial charge in [0.05, 0.1) is 17.2 Å². The third kappa shape index (κ3) is 3.36. The van der Waals surface area contributed by atoms with Gasteiger partial charge in [0.1, 0.15) is 0 Å². The van der Waals surface area contributed by atoms with Gasteiger partial charge in [0.15, 0.2) is 0 Å². The van der Waals surface area contributed by atoms with Crippen molar-refractivity contribution in [2.24, 2.45) is 23.2 Å². The molecule has 2 aromatic rings. The number of benzene rings is 1. The minimum absolute atomic E-state index is 0.0322. The van der Waals surface area contributed by atoms with Gasteiger partial charge >= 0.3 is 0 Å². The lowest BCUT2D eigenvalue weighted by atomic mass is 9.49. The summed E-state index contributed by atoms with van der Waals surface area (Å²) < 4.78 is 1.54. The number of fused-ring (bicyclic) bond motifs is 1. The Morgan fingerprint density at radius 2 is 1.79 bits per heavy atom. The summed E-state index contributed by atoms with van der Waals surface area (Å²) in [6.07, 6.45) is 11.5. The third-order valence-corrected chi connectivity index (χ3v) is 7.45. The second kappa shape index (κ2) is 7.02. The number of hydrogen-bond acceptors (Lipinski definition) is 3. The van der Waals surface area contributed by atoms with Crippen LogP contribution < -0.4 is 10.9 Å². The van der Waals surface area contributed by atoms with E-state index >= 15 is 0 Å². The van der Waals surface area contributed by atoms with Crippen LogP contribution >= 0.6 is 0 Å². The van der Waals surface area contributed by atoms with Crippen LogP contribution in [-0.2, 0) is 11.3 Å². The predicted molar refractivity (Wildman–Crippen MR) is 109 cm³/mol. The van der Waals surface area contributed by atoms with Crippen LogP contribution in [0.5, 0.6) is 0 Å². The molecular weight excluding hydrogens is 350 g/mol. The first-order valence-corrected chi connectivity index (χ1v) is 10.8. The molecule has 0 unspecified atom stereocenters. The van der Waals surface area contributed by atoms with Gasteiger partial charge in [-0.05, 0) is 80.2 Å². The number of rotatable bonds is 6. The molecule has 0 radical (unpaired) electrons. The normalized spacial score (nSPS) is 30.6. The number of nitrogens with zero attached hydrogens (tertiary/aromatic N) is 2. The van der Waals surface area contributed by atoms with Crippen molar-refractivity contribution in [3.63, 3.8) is 0 Å². The van der Waals surface area contributed by atoms with Crippen LogP contribution in [0.15, 0.2) is 35.4 Å². The minimum atomic E-state index is -0.0769. The molecule has 4 fully saturated rings. The lowest BCUT2D eigenvalue weighted by Gasteiger charge is -2.57. The molecule has 6 rings (SSSR count). The number of amides is 1. The van der Waals surface area contributed by atoms with Crippen LogP contribution in [0.2, 0.25) is 0 Å². The maximum absolute atomic E-state index is 12.5. The molecule has 4 aliphatic rings. The van der Waals surface area contributed by atoms with E-state index in [0.717, 1.165) is 30.7 Å². The van der Waals surface area contributed by atoms with Crippen molar-refractivity contribution < 1.29 is 4.79 Å². The van der Waals surface area contributed by atoms with Crippen LogP contribution in [0.3, 0.4) is 0 Å². The van der Waals surface area contributed by atoms with Crippen molar-refractivity contribution in [2.75, 3.05) is 6.54 Å². The quantitative estimate of drug-likeness (QED) is 0.835. The van der Waals surface area contributed by atoms with E-state index in [1.54, 1.807) is 17.0 Å². The van der Waals surface area contributed by atoms with E-state index < -0.39 is 0 Å². The van der Waals surface area contributed by atoms with Gasteiger partial charge in [0.25, 0.3) is 5.56 Å². The van der Waals surface area contributed by atoms with Gasteiger partial charge in [-0.3, -0.25) is 14.2 Å². The van der Waals surface area contributed by atoms with Crippen LogP contribution in [-0.4, -0.2) is 22.0 Å². The van der Waals surface area contributed by atoms with E-state index in [4.69, 9.17) is 0 Å². The summed E-state index contributed by atoms with van der Waals surface area (Å²) in [5.74, 6) is 2.89. The predicted octanol–water partition coefficient (Wildman–Crippen LogP) is 3.51. The average Bonchev–Trinajstić information content (AvgIpc) is 2.66. The number of nitrogens with one attached hydrogen (secondary N) is 1. The molecule has 1 aromatic heterocycles. The molecule has 5 heteroatoms. The second-order valence-corrected chi connectivity index (χ2v) is 9.53. The molecule has 1 N–H and O–H groups in total. The SMILES string of the molecule is O=C(CCn1cnc2ccccc2c1=O)NCCC12CC3CC(CC(C3)C1)C2. The Labute approximate surface area is 165 Å². The smallest absolute Gasteiger partial charge is 0.261 e. The zero-order valence-corrected chi connectivity index (χ0v) is 16.4. The van der Waals surface area contributed by atoms with Crippen molar-refractivity contribution in [1.82, 2.24) is 14.9 Å². The van der Waals surface area contributed by atoms with Crippen molar-refractivity contribution in [1.29, 1.82) is 0 Å². The van der Waals surface area contributed by atoms with Gasteiger partial charge in [-0.1, -0.05) is 12.1 Å². The molecule has 1 amide bonds.